The minimum atomic E-state index is -0.417. The minimum absolute atomic E-state index is 0.294. The van der Waals surface area contributed by atoms with Crippen LogP contribution in [-0.4, -0.2) is 10.9 Å². The fourth-order valence-corrected chi connectivity index (χ4v) is 2.45. The highest BCUT2D eigenvalue weighted by molar-refractivity contribution is 5.96. The second-order valence-electron chi connectivity index (χ2n) is 4.76. The molecule has 0 aliphatic rings. The van der Waals surface area contributed by atoms with Crippen molar-refractivity contribution < 1.29 is 9.18 Å². The van der Waals surface area contributed by atoms with E-state index in [0.717, 1.165) is 17.2 Å². The van der Waals surface area contributed by atoms with Crippen molar-refractivity contribution in [1.29, 1.82) is 5.26 Å². The van der Waals surface area contributed by atoms with Crippen molar-refractivity contribution in [2.24, 2.45) is 0 Å². The number of fused-ring (bicyclic) bond motifs is 1. The zero-order chi connectivity index (χ0) is 14.8. The normalized spacial score (nSPS) is 10.5. The minimum Gasteiger partial charge on any atom is -0.342 e. The highest BCUT2D eigenvalue weighted by atomic mass is 19.1. The number of nitrogens with zero attached hydrogens (tertiary/aromatic N) is 2. The molecule has 4 heteroatoms. The molecule has 3 nitrogen and oxygen atoms in total. The van der Waals surface area contributed by atoms with E-state index in [1.807, 2.05) is 35.0 Å². The van der Waals surface area contributed by atoms with Gasteiger partial charge in [0, 0.05) is 22.7 Å². The SMILES string of the molecule is N#Cc1ccc(Cn2ccc3cccc(C=O)c32)c(F)c1. The number of nitriles is 1. The van der Waals surface area contributed by atoms with Gasteiger partial charge in [0.05, 0.1) is 23.7 Å². The number of benzene rings is 2. The Morgan fingerprint density at radius 2 is 2.10 bits per heavy atom. The van der Waals surface area contributed by atoms with Crippen molar-refractivity contribution in [3.63, 3.8) is 0 Å². The zero-order valence-corrected chi connectivity index (χ0v) is 11.1. The molecule has 21 heavy (non-hydrogen) atoms. The van der Waals surface area contributed by atoms with Gasteiger partial charge in [-0.2, -0.15) is 5.26 Å². The van der Waals surface area contributed by atoms with Gasteiger partial charge in [-0.1, -0.05) is 18.2 Å². The van der Waals surface area contributed by atoms with E-state index in [0.29, 0.717) is 23.2 Å². The Kier molecular flexibility index (Phi) is 3.25. The number of carbonyl (C=O) groups is 1. The van der Waals surface area contributed by atoms with Crippen molar-refractivity contribution in [1.82, 2.24) is 4.57 Å². The number of para-hydroxylation sites is 1. The molecular formula is C17H11FN2O. The van der Waals surface area contributed by atoms with Crippen LogP contribution in [0.5, 0.6) is 0 Å². The summed E-state index contributed by atoms with van der Waals surface area (Å²) in [6.45, 7) is 0.311. The Hall–Kier alpha value is -2.93. The van der Waals surface area contributed by atoms with E-state index in [-0.39, 0.29) is 0 Å². The lowest BCUT2D eigenvalue weighted by Gasteiger charge is -2.08. The van der Waals surface area contributed by atoms with Gasteiger partial charge in [-0.05, 0) is 24.3 Å². The average molecular weight is 278 g/mol. The first-order valence-corrected chi connectivity index (χ1v) is 6.44. The molecule has 1 aromatic heterocycles. The summed E-state index contributed by atoms with van der Waals surface area (Å²) in [6.07, 6.45) is 2.63. The molecule has 1 heterocycles. The number of aldehydes is 1. The van der Waals surface area contributed by atoms with Gasteiger partial charge in [-0.3, -0.25) is 4.79 Å². The van der Waals surface area contributed by atoms with E-state index in [4.69, 9.17) is 5.26 Å². The number of aromatic nitrogens is 1. The van der Waals surface area contributed by atoms with Crippen molar-refractivity contribution >= 4 is 17.2 Å². The fraction of sp³-hybridized carbons (Fsp3) is 0.0588. The molecule has 0 amide bonds. The summed E-state index contributed by atoms with van der Waals surface area (Å²) in [5.74, 6) is -0.417. The summed E-state index contributed by atoms with van der Waals surface area (Å²) in [5.41, 5.74) is 2.14. The molecule has 102 valence electrons. The van der Waals surface area contributed by atoms with Crippen LogP contribution in [-0.2, 0) is 6.54 Å². The maximum atomic E-state index is 14.0. The van der Waals surface area contributed by atoms with Gasteiger partial charge >= 0.3 is 0 Å². The number of carbonyl (C=O) groups excluding carboxylic acids is 1. The highest BCUT2D eigenvalue weighted by Gasteiger charge is 2.09. The molecule has 0 atom stereocenters. The summed E-state index contributed by atoms with van der Waals surface area (Å²) in [6, 6.07) is 13.7. The van der Waals surface area contributed by atoms with Crippen LogP contribution < -0.4 is 0 Å². The Morgan fingerprint density at radius 1 is 1.24 bits per heavy atom. The molecule has 0 bridgehead atoms. The predicted molar refractivity (Wildman–Crippen MR) is 77.5 cm³/mol. The van der Waals surface area contributed by atoms with Crippen molar-refractivity contribution in [3.05, 3.63) is 71.2 Å². The van der Waals surface area contributed by atoms with Crippen LogP contribution in [0.15, 0.2) is 48.7 Å². The fourth-order valence-electron chi connectivity index (χ4n) is 2.45. The zero-order valence-electron chi connectivity index (χ0n) is 11.1. The van der Waals surface area contributed by atoms with E-state index >= 15 is 0 Å². The van der Waals surface area contributed by atoms with Crippen LogP contribution in [0.3, 0.4) is 0 Å². The van der Waals surface area contributed by atoms with Gasteiger partial charge < -0.3 is 4.57 Å². The summed E-state index contributed by atoms with van der Waals surface area (Å²) < 4.78 is 15.8. The van der Waals surface area contributed by atoms with Gasteiger partial charge in [-0.15, -0.1) is 0 Å². The maximum Gasteiger partial charge on any atom is 0.152 e. The van der Waals surface area contributed by atoms with Gasteiger partial charge in [-0.25, -0.2) is 4.39 Å². The highest BCUT2D eigenvalue weighted by Crippen LogP contribution is 2.21. The Balaban J connectivity index is 2.07. The third-order valence-electron chi connectivity index (χ3n) is 3.47. The van der Waals surface area contributed by atoms with Crippen molar-refractivity contribution in [3.8, 4) is 6.07 Å². The lowest BCUT2D eigenvalue weighted by Crippen LogP contribution is -2.02. The second kappa shape index (κ2) is 5.22. The topological polar surface area (TPSA) is 45.8 Å². The molecule has 0 aliphatic carbocycles. The largest absolute Gasteiger partial charge is 0.342 e. The average Bonchev–Trinajstić information content (AvgIpc) is 2.92. The maximum absolute atomic E-state index is 14.0. The van der Waals surface area contributed by atoms with Gasteiger partial charge in [0.1, 0.15) is 5.82 Å². The molecule has 0 unspecified atom stereocenters. The van der Waals surface area contributed by atoms with E-state index in [2.05, 4.69) is 0 Å². The first kappa shape index (κ1) is 13.1. The Labute approximate surface area is 120 Å². The molecule has 3 rings (SSSR count). The quantitative estimate of drug-likeness (QED) is 0.688. The second-order valence-corrected chi connectivity index (χ2v) is 4.76. The van der Waals surface area contributed by atoms with Crippen molar-refractivity contribution in [2.75, 3.05) is 0 Å². The van der Waals surface area contributed by atoms with E-state index in [1.54, 1.807) is 18.2 Å². The molecule has 0 saturated heterocycles. The first-order chi connectivity index (χ1) is 10.2. The molecular weight excluding hydrogens is 267 g/mol. The smallest absolute Gasteiger partial charge is 0.152 e. The third-order valence-corrected chi connectivity index (χ3v) is 3.47. The molecule has 0 spiro atoms. The summed E-state index contributed by atoms with van der Waals surface area (Å²) in [4.78, 5) is 11.2. The van der Waals surface area contributed by atoms with Crippen LogP contribution >= 0.6 is 0 Å². The van der Waals surface area contributed by atoms with Crippen LogP contribution in [0.2, 0.25) is 0 Å². The lowest BCUT2D eigenvalue weighted by atomic mass is 10.1. The molecule has 3 aromatic rings. The molecule has 0 radical (unpaired) electrons. The molecule has 0 fully saturated rings. The van der Waals surface area contributed by atoms with Crippen LogP contribution in [0.1, 0.15) is 21.5 Å². The Bertz CT molecular complexity index is 874. The summed E-state index contributed by atoms with van der Waals surface area (Å²) in [5, 5.41) is 9.70. The third kappa shape index (κ3) is 2.30. The molecule has 0 saturated carbocycles. The molecule has 0 N–H and O–H groups in total. The number of rotatable bonds is 3. The van der Waals surface area contributed by atoms with Crippen LogP contribution in [0.4, 0.5) is 4.39 Å². The predicted octanol–water partition coefficient (Wildman–Crippen LogP) is 3.51. The van der Waals surface area contributed by atoms with E-state index in [1.165, 1.54) is 6.07 Å². The number of hydrogen-bond donors (Lipinski definition) is 0. The van der Waals surface area contributed by atoms with Crippen LogP contribution in [0, 0.1) is 17.1 Å². The van der Waals surface area contributed by atoms with Gasteiger partial charge in [0.15, 0.2) is 6.29 Å². The van der Waals surface area contributed by atoms with Gasteiger partial charge in [0.25, 0.3) is 0 Å². The van der Waals surface area contributed by atoms with Crippen molar-refractivity contribution in [2.45, 2.75) is 6.54 Å². The summed E-state index contributed by atoms with van der Waals surface area (Å²) in [7, 11) is 0. The van der Waals surface area contributed by atoms with Gasteiger partial charge in [0.2, 0.25) is 0 Å². The molecule has 0 aliphatic heterocycles. The lowest BCUT2D eigenvalue weighted by molar-refractivity contribution is 0.112. The van der Waals surface area contributed by atoms with Crippen LogP contribution in [0.25, 0.3) is 10.9 Å². The molecule has 2 aromatic carbocycles. The number of hydrogen-bond acceptors (Lipinski definition) is 2. The number of halogens is 1. The monoisotopic (exact) mass is 278 g/mol. The first-order valence-electron chi connectivity index (χ1n) is 6.44. The Morgan fingerprint density at radius 3 is 2.81 bits per heavy atom. The standard InChI is InChI=1S/C17H11FN2O/c18-16-8-12(9-19)4-5-14(16)10-20-7-6-13-2-1-3-15(11-21)17(13)20/h1-8,11H,10H2. The van der Waals surface area contributed by atoms with E-state index in [9.17, 15) is 9.18 Å². The van der Waals surface area contributed by atoms with E-state index < -0.39 is 5.82 Å². The summed E-state index contributed by atoms with van der Waals surface area (Å²) >= 11 is 0.